The Hall–Kier alpha value is -2.89. The Labute approximate surface area is 196 Å². The lowest BCUT2D eigenvalue weighted by Crippen LogP contribution is -2.36. The fourth-order valence-corrected chi connectivity index (χ4v) is 4.73. The molecule has 1 amide bonds. The van der Waals surface area contributed by atoms with Crippen LogP contribution in [0.1, 0.15) is 42.5 Å². The van der Waals surface area contributed by atoms with Crippen molar-refractivity contribution in [3.8, 4) is 22.4 Å². The Morgan fingerprint density at radius 1 is 0.938 bits per heavy atom. The number of carbonyl (C=O) groups is 1. The lowest BCUT2D eigenvalue weighted by Gasteiger charge is -2.22. The summed E-state index contributed by atoms with van der Waals surface area (Å²) in [6, 6.07) is 15.4. The highest BCUT2D eigenvalue weighted by molar-refractivity contribution is 6.33. The Bertz CT molecular complexity index is 1280. The molecule has 0 atom stereocenters. The predicted molar refractivity (Wildman–Crippen MR) is 128 cm³/mol. The van der Waals surface area contributed by atoms with Crippen LogP contribution >= 0.6 is 23.2 Å². The molecule has 32 heavy (non-hydrogen) atoms. The minimum Gasteiger partial charge on any atom is -0.349 e. The van der Waals surface area contributed by atoms with E-state index in [9.17, 15) is 4.79 Å². The molecule has 1 aliphatic rings. The molecule has 5 rings (SSSR count). The van der Waals surface area contributed by atoms with Crippen LogP contribution in [0.15, 0.2) is 60.9 Å². The average molecular weight is 465 g/mol. The van der Waals surface area contributed by atoms with E-state index in [2.05, 4.69) is 15.4 Å². The molecule has 1 saturated carbocycles. The van der Waals surface area contributed by atoms with Gasteiger partial charge in [0.05, 0.1) is 11.9 Å². The number of carbonyl (C=O) groups excluding carboxylic acids is 1. The summed E-state index contributed by atoms with van der Waals surface area (Å²) in [4.78, 5) is 17.7. The number of amides is 1. The molecule has 0 saturated heterocycles. The van der Waals surface area contributed by atoms with Crippen molar-refractivity contribution in [2.75, 3.05) is 0 Å². The van der Waals surface area contributed by atoms with E-state index in [0.29, 0.717) is 21.3 Å². The van der Waals surface area contributed by atoms with Gasteiger partial charge in [-0.3, -0.25) is 4.79 Å². The number of halogens is 2. The third-order valence-electron chi connectivity index (χ3n) is 5.99. The lowest BCUT2D eigenvalue weighted by atomic mass is 9.95. The molecule has 0 spiro atoms. The lowest BCUT2D eigenvalue weighted by molar-refractivity contribution is 0.0929. The van der Waals surface area contributed by atoms with Crippen LogP contribution in [0.5, 0.6) is 0 Å². The first kappa shape index (κ1) is 21.0. The zero-order valence-corrected chi connectivity index (χ0v) is 18.9. The number of rotatable bonds is 4. The van der Waals surface area contributed by atoms with Crippen LogP contribution in [0, 0.1) is 0 Å². The van der Waals surface area contributed by atoms with Gasteiger partial charge in [0.1, 0.15) is 5.56 Å². The summed E-state index contributed by atoms with van der Waals surface area (Å²) in [6.45, 7) is 0. The Morgan fingerprint density at radius 2 is 1.69 bits per heavy atom. The minimum atomic E-state index is -0.132. The maximum Gasteiger partial charge on any atom is 0.256 e. The van der Waals surface area contributed by atoms with Gasteiger partial charge in [-0.25, -0.2) is 9.50 Å². The highest BCUT2D eigenvalue weighted by atomic mass is 35.5. The fraction of sp³-hybridized carbons (Fsp3) is 0.240. The zero-order chi connectivity index (χ0) is 22.1. The van der Waals surface area contributed by atoms with Gasteiger partial charge < -0.3 is 5.32 Å². The van der Waals surface area contributed by atoms with Crippen LogP contribution in [0.4, 0.5) is 0 Å². The molecule has 4 aromatic rings. The summed E-state index contributed by atoms with van der Waals surface area (Å²) in [7, 11) is 0. The molecule has 0 aliphatic heterocycles. The Morgan fingerprint density at radius 3 is 2.44 bits per heavy atom. The number of nitrogens with one attached hydrogen (secondary N) is 1. The number of fused-ring (bicyclic) bond motifs is 1. The topological polar surface area (TPSA) is 59.3 Å². The Kier molecular flexibility index (Phi) is 5.85. The van der Waals surface area contributed by atoms with Crippen LogP contribution in [0.3, 0.4) is 0 Å². The van der Waals surface area contributed by atoms with Crippen molar-refractivity contribution in [3.05, 3.63) is 76.5 Å². The maximum absolute atomic E-state index is 13.0. The van der Waals surface area contributed by atoms with E-state index in [1.54, 1.807) is 16.9 Å². The molecule has 2 aromatic heterocycles. The standard InChI is InChI=1S/C25H22Cl2N4O/c26-17-12-10-16(11-13-17)23-20(19-8-4-5-9-22(19)27)14-28-24-21(15-29-31(23)24)25(32)30-18-6-2-1-3-7-18/h4-5,8-15,18H,1-3,6-7H2,(H,30,32). The van der Waals surface area contributed by atoms with Crippen molar-refractivity contribution in [2.45, 2.75) is 38.1 Å². The Balaban J connectivity index is 1.64. The first-order chi connectivity index (χ1) is 15.6. The van der Waals surface area contributed by atoms with Gasteiger partial charge in [0.25, 0.3) is 5.91 Å². The molecule has 5 nitrogen and oxygen atoms in total. The SMILES string of the molecule is O=C(NC1CCCCC1)c1cnn2c(-c3ccc(Cl)cc3)c(-c3ccccc3Cl)cnc12. The molecular weight excluding hydrogens is 443 g/mol. The summed E-state index contributed by atoms with van der Waals surface area (Å²) in [5.74, 6) is -0.132. The number of aromatic nitrogens is 3. The smallest absolute Gasteiger partial charge is 0.256 e. The van der Waals surface area contributed by atoms with Crippen LogP contribution in [0.25, 0.3) is 28.0 Å². The van der Waals surface area contributed by atoms with Gasteiger partial charge in [0.15, 0.2) is 5.65 Å². The average Bonchev–Trinajstić information content (AvgIpc) is 3.25. The van der Waals surface area contributed by atoms with Crippen molar-refractivity contribution < 1.29 is 4.79 Å². The highest BCUT2D eigenvalue weighted by Gasteiger charge is 2.23. The van der Waals surface area contributed by atoms with Crippen molar-refractivity contribution in [3.63, 3.8) is 0 Å². The number of benzene rings is 2. The van der Waals surface area contributed by atoms with Crippen molar-refractivity contribution in [2.24, 2.45) is 0 Å². The summed E-state index contributed by atoms with van der Waals surface area (Å²) in [5.41, 5.74) is 4.36. The van der Waals surface area contributed by atoms with Crippen molar-refractivity contribution in [1.82, 2.24) is 19.9 Å². The summed E-state index contributed by atoms with van der Waals surface area (Å²) < 4.78 is 1.72. The third kappa shape index (κ3) is 3.98. The molecule has 2 aromatic carbocycles. The first-order valence-corrected chi connectivity index (χ1v) is 11.6. The molecule has 1 aliphatic carbocycles. The first-order valence-electron chi connectivity index (χ1n) is 10.8. The molecule has 0 bridgehead atoms. The predicted octanol–water partition coefficient (Wildman–Crippen LogP) is 6.43. The van der Waals surface area contributed by atoms with E-state index in [4.69, 9.17) is 23.2 Å². The van der Waals surface area contributed by atoms with Crippen LogP contribution in [0.2, 0.25) is 10.0 Å². The second kappa shape index (κ2) is 8.93. The van der Waals surface area contributed by atoms with Crippen LogP contribution in [-0.2, 0) is 0 Å². The molecule has 0 unspecified atom stereocenters. The van der Waals surface area contributed by atoms with Gasteiger partial charge in [0, 0.05) is 39.0 Å². The van der Waals surface area contributed by atoms with E-state index in [1.165, 1.54) is 6.42 Å². The number of hydrogen-bond donors (Lipinski definition) is 1. The molecule has 1 fully saturated rings. The van der Waals surface area contributed by atoms with Gasteiger partial charge in [-0.1, -0.05) is 72.8 Å². The zero-order valence-electron chi connectivity index (χ0n) is 17.4. The van der Waals surface area contributed by atoms with Crippen LogP contribution < -0.4 is 5.32 Å². The van der Waals surface area contributed by atoms with Crippen molar-refractivity contribution in [1.29, 1.82) is 0 Å². The monoisotopic (exact) mass is 464 g/mol. The third-order valence-corrected chi connectivity index (χ3v) is 6.57. The largest absolute Gasteiger partial charge is 0.349 e. The fourth-order valence-electron chi connectivity index (χ4n) is 4.36. The van der Waals surface area contributed by atoms with E-state index in [1.807, 2.05) is 48.5 Å². The van der Waals surface area contributed by atoms with E-state index < -0.39 is 0 Å². The van der Waals surface area contributed by atoms with E-state index >= 15 is 0 Å². The number of hydrogen-bond acceptors (Lipinski definition) is 3. The normalized spacial score (nSPS) is 14.6. The van der Waals surface area contributed by atoms with Gasteiger partial charge in [-0.2, -0.15) is 5.10 Å². The number of nitrogens with zero attached hydrogens (tertiary/aromatic N) is 3. The molecule has 0 radical (unpaired) electrons. The minimum absolute atomic E-state index is 0.132. The van der Waals surface area contributed by atoms with Gasteiger partial charge in [0.2, 0.25) is 0 Å². The molecule has 1 N–H and O–H groups in total. The summed E-state index contributed by atoms with van der Waals surface area (Å²) >= 11 is 12.6. The van der Waals surface area contributed by atoms with Crippen molar-refractivity contribution >= 4 is 34.8 Å². The second-order valence-corrected chi connectivity index (χ2v) is 8.95. The van der Waals surface area contributed by atoms with E-state index in [0.717, 1.165) is 48.1 Å². The van der Waals surface area contributed by atoms with Gasteiger partial charge >= 0.3 is 0 Å². The highest BCUT2D eigenvalue weighted by Crippen LogP contribution is 2.36. The second-order valence-electron chi connectivity index (χ2n) is 8.11. The summed E-state index contributed by atoms with van der Waals surface area (Å²) in [6.07, 6.45) is 8.94. The molecule has 7 heteroatoms. The van der Waals surface area contributed by atoms with E-state index in [-0.39, 0.29) is 11.9 Å². The van der Waals surface area contributed by atoms with Crippen LogP contribution in [-0.4, -0.2) is 26.5 Å². The molecule has 162 valence electrons. The quantitative estimate of drug-likeness (QED) is 0.378. The molecule has 2 heterocycles. The summed E-state index contributed by atoms with van der Waals surface area (Å²) in [5, 5.41) is 8.99. The van der Waals surface area contributed by atoms with Gasteiger partial charge in [-0.05, 0) is 31.0 Å². The molecular formula is C25H22Cl2N4O. The maximum atomic E-state index is 13.0. The van der Waals surface area contributed by atoms with Gasteiger partial charge in [-0.15, -0.1) is 0 Å².